The van der Waals surface area contributed by atoms with Gasteiger partial charge in [-0.15, -0.1) is 0 Å². The van der Waals surface area contributed by atoms with Gasteiger partial charge in [0.25, 0.3) is 0 Å². The lowest BCUT2D eigenvalue weighted by molar-refractivity contribution is 0.928. The van der Waals surface area contributed by atoms with Crippen molar-refractivity contribution in [2.75, 3.05) is 0 Å². The Morgan fingerprint density at radius 3 is 2.57 bits per heavy atom. The van der Waals surface area contributed by atoms with Crippen molar-refractivity contribution in [1.82, 2.24) is 15.6 Å². The topological polar surface area (TPSA) is 37.0 Å². The van der Waals surface area contributed by atoms with Gasteiger partial charge in [-0.2, -0.15) is 0 Å². The van der Waals surface area contributed by atoms with E-state index in [4.69, 9.17) is 0 Å². The van der Waals surface area contributed by atoms with Crippen molar-refractivity contribution < 1.29 is 0 Å². The number of fused-ring (bicyclic) bond motifs is 1. The highest BCUT2D eigenvalue weighted by Gasteiger charge is 2.13. The molecule has 0 fully saturated rings. The van der Waals surface area contributed by atoms with Gasteiger partial charge in [-0.3, -0.25) is 4.98 Å². The summed E-state index contributed by atoms with van der Waals surface area (Å²) in [6.45, 7) is 0. The Morgan fingerprint density at radius 2 is 1.74 bits per heavy atom. The molecule has 0 saturated carbocycles. The number of rotatable bonds is 2. The number of hydrogen-bond donors (Lipinski definition) is 2. The SMILES string of the molecule is C1=CCC=C2NC=C(c3ccc(-c4cccnc4)cc3)NC2=C1. The van der Waals surface area contributed by atoms with E-state index < -0.39 is 0 Å². The molecule has 3 heteroatoms. The fourth-order valence-corrected chi connectivity index (χ4v) is 2.74. The maximum absolute atomic E-state index is 4.17. The van der Waals surface area contributed by atoms with Crippen molar-refractivity contribution in [3.05, 3.63) is 96.3 Å². The lowest BCUT2D eigenvalue weighted by Crippen LogP contribution is -2.26. The number of nitrogens with one attached hydrogen (secondary N) is 2. The molecule has 0 bridgehead atoms. The van der Waals surface area contributed by atoms with Crippen LogP contribution in [0.25, 0.3) is 16.8 Å². The summed E-state index contributed by atoms with van der Waals surface area (Å²) in [4.78, 5) is 4.17. The van der Waals surface area contributed by atoms with Crippen molar-refractivity contribution >= 4 is 5.70 Å². The summed E-state index contributed by atoms with van der Waals surface area (Å²) in [5, 5.41) is 6.87. The number of nitrogens with zero attached hydrogens (tertiary/aromatic N) is 1. The molecule has 0 atom stereocenters. The fourth-order valence-electron chi connectivity index (χ4n) is 2.74. The molecule has 2 aromatic rings. The molecule has 3 nitrogen and oxygen atoms in total. The Bertz CT molecular complexity index is 825. The van der Waals surface area contributed by atoms with Crippen molar-refractivity contribution in [2.24, 2.45) is 0 Å². The first-order valence-corrected chi connectivity index (χ1v) is 7.72. The number of allylic oxidation sites excluding steroid dienone is 4. The zero-order chi connectivity index (χ0) is 15.5. The zero-order valence-corrected chi connectivity index (χ0v) is 12.7. The minimum atomic E-state index is 0.951. The van der Waals surface area contributed by atoms with Gasteiger partial charge in [0.1, 0.15) is 0 Å². The van der Waals surface area contributed by atoms with Crippen LogP contribution in [0, 0.1) is 0 Å². The maximum atomic E-state index is 4.17. The Kier molecular flexibility index (Phi) is 3.53. The first-order chi connectivity index (χ1) is 11.4. The van der Waals surface area contributed by atoms with Gasteiger partial charge in [0, 0.05) is 18.6 Å². The standard InChI is InChI=1S/C20H17N3/c1-2-6-18-19(7-3-1)23-20(14-22-18)16-10-8-15(9-11-16)17-5-4-12-21-13-17/h1,3-14,22-23H,2H2. The summed E-state index contributed by atoms with van der Waals surface area (Å²) >= 11 is 0. The highest BCUT2D eigenvalue weighted by Crippen LogP contribution is 2.24. The molecule has 0 unspecified atom stereocenters. The van der Waals surface area contributed by atoms with Gasteiger partial charge < -0.3 is 10.6 Å². The van der Waals surface area contributed by atoms with E-state index in [1.807, 2.05) is 18.5 Å². The Balaban J connectivity index is 1.61. The normalized spacial score (nSPS) is 16.1. The van der Waals surface area contributed by atoms with Gasteiger partial charge in [-0.1, -0.05) is 48.6 Å². The Labute approximate surface area is 135 Å². The van der Waals surface area contributed by atoms with Crippen LogP contribution in [0.4, 0.5) is 0 Å². The monoisotopic (exact) mass is 299 g/mol. The van der Waals surface area contributed by atoms with Crippen LogP contribution in [0.1, 0.15) is 12.0 Å². The van der Waals surface area contributed by atoms with Crippen LogP contribution in [-0.4, -0.2) is 4.98 Å². The third-order valence-corrected chi connectivity index (χ3v) is 3.98. The third kappa shape index (κ3) is 2.81. The molecule has 1 aromatic carbocycles. The highest BCUT2D eigenvalue weighted by molar-refractivity contribution is 5.72. The molecule has 1 aromatic heterocycles. The van der Waals surface area contributed by atoms with Gasteiger partial charge in [0.15, 0.2) is 0 Å². The average molecular weight is 299 g/mol. The second-order valence-electron chi connectivity index (χ2n) is 5.51. The Morgan fingerprint density at radius 1 is 0.870 bits per heavy atom. The van der Waals surface area contributed by atoms with Crippen molar-refractivity contribution in [2.45, 2.75) is 6.42 Å². The summed E-state index contributed by atoms with van der Waals surface area (Å²) in [6.07, 6.45) is 15.2. The molecular weight excluding hydrogens is 282 g/mol. The summed E-state index contributed by atoms with van der Waals surface area (Å²) in [5.74, 6) is 0. The van der Waals surface area contributed by atoms with Gasteiger partial charge >= 0.3 is 0 Å². The van der Waals surface area contributed by atoms with Gasteiger partial charge in [-0.05, 0) is 35.3 Å². The number of pyridine rings is 1. The molecule has 2 aliphatic rings. The summed E-state index contributed by atoms with van der Waals surface area (Å²) in [6, 6.07) is 12.5. The molecular formula is C20H17N3. The van der Waals surface area contributed by atoms with E-state index in [0.29, 0.717) is 0 Å². The molecule has 0 amide bonds. The van der Waals surface area contributed by atoms with Crippen molar-refractivity contribution in [1.29, 1.82) is 0 Å². The van der Waals surface area contributed by atoms with Crippen LogP contribution in [0.5, 0.6) is 0 Å². The van der Waals surface area contributed by atoms with Crippen LogP contribution >= 0.6 is 0 Å². The van der Waals surface area contributed by atoms with Crippen LogP contribution in [0.15, 0.2) is 90.7 Å². The summed E-state index contributed by atoms with van der Waals surface area (Å²) in [5.41, 5.74) is 6.76. The predicted octanol–water partition coefficient (Wildman–Crippen LogP) is 3.97. The van der Waals surface area contributed by atoms with E-state index in [1.165, 1.54) is 5.56 Å². The first kappa shape index (κ1) is 13.6. The van der Waals surface area contributed by atoms with Crippen molar-refractivity contribution in [3.63, 3.8) is 0 Å². The van der Waals surface area contributed by atoms with Crippen LogP contribution in [0.3, 0.4) is 0 Å². The number of hydrogen-bond acceptors (Lipinski definition) is 3. The van der Waals surface area contributed by atoms with E-state index in [0.717, 1.165) is 34.6 Å². The predicted molar refractivity (Wildman–Crippen MR) is 93.8 cm³/mol. The minimum Gasteiger partial charge on any atom is -0.358 e. The molecule has 23 heavy (non-hydrogen) atoms. The largest absolute Gasteiger partial charge is 0.358 e. The minimum absolute atomic E-state index is 0.951. The van der Waals surface area contributed by atoms with Gasteiger partial charge in [0.2, 0.25) is 0 Å². The lowest BCUT2D eigenvalue weighted by Gasteiger charge is -2.22. The molecule has 1 aliphatic heterocycles. The van der Waals surface area contributed by atoms with Crippen LogP contribution in [0.2, 0.25) is 0 Å². The smallest absolute Gasteiger partial charge is 0.0621 e. The first-order valence-electron chi connectivity index (χ1n) is 7.72. The van der Waals surface area contributed by atoms with E-state index in [2.05, 4.69) is 70.3 Å². The molecule has 2 heterocycles. The zero-order valence-electron chi connectivity index (χ0n) is 12.7. The van der Waals surface area contributed by atoms with E-state index >= 15 is 0 Å². The lowest BCUT2D eigenvalue weighted by atomic mass is 10.0. The summed E-state index contributed by atoms with van der Waals surface area (Å²) < 4.78 is 0. The fraction of sp³-hybridized carbons (Fsp3) is 0.0500. The second-order valence-corrected chi connectivity index (χ2v) is 5.51. The van der Waals surface area contributed by atoms with E-state index in [1.54, 1.807) is 6.20 Å². The Hall–Kier alpha value is -3.07. The number of aromatic nitrogens is 1. The molecule has 1 aliphatic carbocycles. The van der Waals surface area contributed by atoms with E-state index in [9.17, 15) is 0 Å². The quantitative estimate of drug-likeness (QED) is 0.881. The third-order valence-electron chi connectivity index (χ3n) is 3.98. The second kappa shape index (κ2) is 5.97. The molecule has 112 valence electrons. The average Bonchev–Trinajstić information content (AvgIpc) is 2.87. The van der Waals surface area contributed by atoms with Gasteiger partial charge in [0.05, 0.1) is 17.1 Å². The van der Waals surface area contributed by atoms with Crippen LogP contribution < -0.4 is 10.6 Å². The van der Waals surface area contributed by atoms with Crippen molar-refractivity contribution in [3.8, 4) is 11.1 Å². The summed E-state index contributed by atoms with van der Waals surface area (Å²) in [7, 11) is 0. The van der Waals surface area contributed by atoms with Crippen LogP contribution in [-0.2, 0) is 0 Å². The molecule has 4 rings (SSSR count). The molecule has 0 radical (unpaired) electrons. The van der Waals surface area contributed by atoms with E-state index in [-0.39, 0.29) is 0 Å². The maximum Gasteiger partial charge on any atom is 0.0621 e. The number of benzene rings is 1. The van der Waals surface area contributed by atoms with Gasteiger partial charge in [-0.25, -0.2) is 0 Å². The highest BCUT2D eigenvalue weighted by atomic mass is 15.0. The molecule has 0 saturated heterocycles. The molecule has 2 N–H and O–H groups in total. The molecule has 0 spiro atoms.